The summed E-state index contributed by atoms with van der Waals surface area (Å²) in [4.78, 5) is 11.2. The summed E-state index contributed by atoms with van der Waals surface area (Å²) in [6.07, 6.45) is 4.14. The Balaban J connectivity index is 2.14. The number of carbonyl (C=O) groups is 1. The molecule has 1 aliphatic rings. The molecule has 1 fully saturated rings. The highest BCUT2D eigenvalue weighted by Crippen LogP contribution is 2.38. The van der Waals surface area contributed by atoms with Gasteiger partial charge in [0.2, 0.25) is 0 Å². The number of nitrogen functional groups attached to an aromatic ring is 1. The number of aromatic carboxylic acids is 1. The molecule has 1 aromatic carbocycles. The molecule has 1 saturated carbocycles. The normalized spacial score (nSPS) is 19.1. The molecule has 1 aromatic rings. The van der Waals surface area contributed by atoms with Crippen molar-refractivity contribution in [2.45, 2.75) is 45.6 Å². The highest BCUT2D eigenvalue weighted by atomic mass is 16.5. The van der Waals surface area contributed by atoms with Crippen molar-refractivity contribution in [3.63, 3.8) is 0 Å². The molecule has 0 amide bonds. The summed E-state index contributed by atoms with van der Waals surface area (Å²) in [5, 5.41) is 9.17. The van der Waals surface area contributed by atoms with Crippen LogP contribution in [0.4, 0.5) is 5.69 Å². The number of benzene rings is 1. The number of para-hydroxylation sites is 1. The molecule has 0 atom stereocenters. The Bertz CT molecular complexity index is 472. The van der Waals surface area contributed by atoms with Crippen LogP contribution in [0.3, 0.4) is 0 Å². The van der Waals surface area contributed by atoms with Gasteiger partial charge in [-0.15, -0.1) is 0 Å². The van der Waals surface area contributed by atoms with Crippen LogP contribution in [0.15, 0.2) is 18.2 Å². The van der Waals surface area contributed by atoms with Gasteiger partial charge in [-0.2, -0.15) is 0 Å². The first kappa shape index (κ1) is 13.7. The molecule has 0 unspecified atom stereocenters. The van der Waals surface area contributed by atoms with Gasteiger partial charge in [-0.1, -0.05) is 19.9 Å². The fourth-order valence-corrected chi connectivity index (χ4v) is 2.51. The van der Waals surface area contributed by atoms with Crippen molar-refractivity contribution in [2.75, 3.05) is 5.73 Å². The number of hydrogen-bond donors (Lipinski definition) is 2. The van der Waals surface area contributed by atoms with Gasteiger partial charge in [0.1, 0.15) is 5.56 Å². The molecule has 0 aromatic heterocycles. The number of hydrogen-bond acceptors (Lipinski definition) is 3. The van der Waals surface area contributed by atoms with Crippen LogP contribution < -0.4 is 10.5 Å². The van der Waals surface area contributed by atoms with E-state index in [0.29, 0.717) is 16.9 Å². The lowest BCUT2D eigenvalue weighted by Crippen LogP contribution is -2.29. The van der Waals surface area contributed by atoms with Gasteiger partial charge in [-0.3, -0.25) is 0 Å². The van der Waals surface area contributed by atoms with Crippen LogP contribution in [0.5, 0.6) is 5.75 Å². The third-order valence-corrected chi connectivity index (χ3v) is 3.85. The van der Waals surface area contributed by atoms with Gasteiger partial charge in [0.25, 0.3) is 0 Å². The molecule has 4 heteroatoms. The summed E-state index contributed by atoms with van der Waals surface area (Å²) in [6, 6.07) is 4.84. The number of carboxylic acid groups (broad SMARTS) is 1. The lowest BCUT2D eigenvalue weighted by molar-refractivity contribution is 0.0675. The second kappa shape index (κ2) is 5.11. The molecular formula is C15H21NO3. The minimum absolute atomic E-state index is 0.0656. The van der Waals surface area contributed by atoms with Gasteiger partial charge in [0.15, 0.2) is 5.75 Å². The second-order valence-electron chi connectivity index (χ2n) is 6.01. The fraction of sp³-hybridized carbons (Fsp3) is 0.533. The van der Waals surface area contributed by atoms with Crippen LogP contribution in [-0.4, -0.2) is 17.2 Å². The van der Waals surface area contributed by atoms with Gasteiger partial charge < -0.3 is 15.6 Å². The lowest BCUT2D eigenvalue weighted by Gasteiger charge is -2.34. The van der Waals surface area contributed by atoms with Crippen LogP contribution in [0.25, 0.3) is 0 Å². The van der Waals surface area contributed by atoms with Crippen molar-refractivity contribution >= 4 is 11.7 Å². The predicted molar refractivity (Wildman–Crippen MR) is 74.5 cm³/mol. The lowest BCUT2D eigenvalue weighted by atomic mass is 9.76. The Hall–Kier alpha value is -1.71. The summed E-state index contributed by atoms with van der Waals surface area (Å²) in [5.41, 5.74) is 6.74. The van der Waals surface area contributed by atoms with Crippen LogP contribution in [-0.2, 0) is 0 Å². The summed E-state index contributed by atoms with van der Waals surface area (Å²) < 4.78 is 5.87. The summed E-state index contributed by atoms with van der Waals surface area (Å²) in [6.45, 7) is 4.51. The predicted octanol–water partition coefficient (Wildman–Crippen LogP) is 3.31. The third-order valence-electron chi connectivity index (χ3n) is 3.85. The molecule has 0 spiro atoms. The molecule has 2 rings (SSSR count). The number of nitrogens with two attached hydrogens (primary N) is 1. The van der Waals surface area contributed by atoms with E-state index in [9.17, 15) is 4.79 Å². The van der Waals surface area contributed by atoms with Gasteiger partial charge in [-0.05, 0) is 43.2 Å². The zero-order valence-electron chi connectivity index (χ0n) is 11.5. The van der Waals surface area contributed by atoms with E-state index in [0.717, 1.165) is 25.7 Å². The molecule has 104 valence electrons. The van der Waals surface area contributed by atoms with Crippen LogP contribution in [0, 0.1) is 5.41 Å². The third kappa shape index (κ3) is 3.19. The fourth-order valence-electron chi connectivity index (χ4n) is 2.51. The van der Waals surface area contributed by atoms with Crippen molar-refractivity contribution < 1.29 is 14.6 Å². The maximum Gasteiger partial charge on any atom is 0.339 e. The standard InChI is InChI=1S/C15H21NO3/c1-15(2)8-6-10(7-9-15)19-13-11(14(17)18)4-3-5-12(13)16/h3-5,10H,6-9,16H2,1-2H3,(H,17,18). The van der Waals surface area contributed by atoms with Gasteiger partial charge in [0, 0.05) is 0 Å². The molecule has 0 bridgehead atoms. The summed E-state index contributed by atoms with van der Waals surface area (Å²) in [7, 11) is 0. The molecule has 1 aliphatic carbocycles. The minimum Gasteiger partial charge on any atom is -0.487 e. The van der Waals surface area contributed by atoms with E-state index >= 15 is 0 Å². The van der Waals surface area contributed by atoms with E-state index in [2.05, 4.69) is 13.8 Å². The minimum atomic E-state index is -1.00. The highest BCUT2D eigenvalue weighted by Gasteiger charge is 2.29. The summed E-state index contributed by atoms with van der Waals surface area (Å²) >= 11 is 0. The van der Waals surface area contributed by atoms with Crippen molar-refractivity contribution in [1.29, 1.82) is 0 Å². The maximum absolute atomic E-state index is 11.2. The largest absolute Gasteiger partial charge is 0.487 e. The first-order valence-electron chi connectivity index (χ1n) is 6.67. The van der Waals surface area contributed by atoms with E-state index in [1.807, 2.05) is 0 Å². The number of carboxylic acids is 1. The SMILES string of the molecule is CC1(C)CCC(Oc2c(N)cccc2C(=O)O)CC1. The molecule has 3 N–H and O–H groups in total. The van der Waals surface area contributed by atoms with E-state index in [-0.39, 0.29) is 11.7 Å². The molecule has 4 nitrogen and oxygen atoms in total. The molecule has 0 aliphatic heterocycles. The Morgan fingerprint density at radius 1 is 1.37 bits per heavy atom. The molecular weight excluding hydrogens is 242 g/mol. The molecule has 0 radical (unpaired) electrons. The smallest absolute Gasteiger partial charge is 0.339 e. The van der Waals surface area contributed by atoms with Gasteiger partial charge >= 0.3 is 5.97 Å². The Labute approximate surface area is 113 Å². The quantitative estimate of drug-likeness (QED) is 0.820. The van der Waals surface area contributed by atoms with E-state index in [4.69, 9.17) is 15.6 Å². The van der Waals surface area contributed by atoms with Crippen LogP contribution >= 0.6 is 0 Å². The number of rotatable bonds is 3. The van der Waals surface area contributed by atoms with Gasteiger partial charge in [0.05, 0.1) is 11.8 Å². The molecule has 19 heavy (non-hydrogen) atoms. The van der Waals surface area contributed by atoms with Crippen molar-refractivity contribution in [1.82, 2.24) is 0 Å². The van der Waals surface area contributed by atoms with E-state index < -0.39 is 5.97 Å². The Morgan fingerprint density at radius 2 is 2.00 bits per heavy atom. The first-order chi connectivity index (χ1) is 8.89. The zero-order chi connectivity index (χ0) is 14.0. The average molecular weight is 263 g/mol. The van der Waals surface area contributed by atoms with E-state index in [1.165, 1.54) is 6.07 Å². The topological polar surface area (TPSA) is 72.5 Å². The van der Waals surface area contributed by atoms with Crippen LogP contribution in [0.1, 0.15) is 49.9 Å². The number of ether oxygens (including phenoxy) is 1. The van der Waals surface area contributed by atoms with E-state index in [1.54, 1.807) is 12.1 Å². The van der Waals surface area contributed by atoms with Gasteiger partial charge in [-0.25, -0.2) is 4.79 Å². The van der Waals surface area contributed by atoms with Crippen molar-refractivity contribution in [3.05, 3.63) is 23.8 Å². The van der Waals surface area contributed by atoms with Crippen molar-refractivity contribution in [3.8, 4) is 5.75 Å². The van der Waals surface area contributed by atoms with Crippen LogP contribution in [0.2, 0.25) is 0 Å². The second-order valence-corrected chi connectivity index (χ2v) is 6.01. The number of anilines is 1. The summed E-state index contributed by atoms with van der Waals surface area (Å²) in [5.74, 6) is -0.682. The Morgan fingerprint density at radius 3 is 2.58 bits per heavy atom. The molecule has 0 heterocycles. The highest BCUT2D eigenvalue weighted by molar-refractivity contribution is 5.93. The molecule has 0 saturated heterocycles. The Kier molecular flexibility index (Phi) is 3.69. The maximum atomic E-state index is 11.2. The monoisotopic (exact) mass is 263 g/mol. The van der Waals surface area contributed by atoms with Crippen molar-refractivity contribution in [2.24, 2.45) is 5.41 Å². The zero-order valence-corrected chi connectivity index (χ0v) is 11.5. The average Bonchev–Trinajstić information content (AvgIpc) is 2.33. The first-order valence-corrected chi connectivity index (χ1v) is 6.67.